The summed E-state index contributed by atoms with van der Waals surface area (Å²) < 4.78 is 16.5. The predicted octanol–water partition coefficient (Wildman–Crippen LogP) is 6.54. The molecule has 0 N–H and O–H groups in total. The molecule has 0 atom stereocenters. The molecule has 2 aliphatic heterocycles. The molecule has 0 bridgehead atoms. The van der Waals surface area contributed by atoms with Crippen molar-refractivity contribution in [3.8, 4) is 17.2 Å². The molecule has 0 radical (unpaired) electrons. The van der Waals surface area contributed by atoms with Gasteiger partial charge in [0.1, 0.15) is 12.4 Å². The van der Waals surface area contributed by atoms with Crippen molar-refractivity contribution in [3.63, 3.8) is 0 Å². The Hall–Kier alpha value is -3.13. The Kier molecular flexibility index (Phi) is 6.41. The van der Waals surface area contributed by atoms with E-state index < -0.39 is 0 Å². The molecule has 2 amide bonds. The molecule has 5 rings (SSSR count). The molecule has 0 aromatic heterocycles. The molecule has 1 saturated heterocycles. The second kappa shape index (κ2) is 9.62. The SMILES string of the molecule is O=C1S/C(=C\c2ccc(OCc3ccc4c(c3)OCO4)cc2)C(=O)N1Cc1ccc(Cl)c(Cl)c1. The normalized spacial score (nSPS) is 15.9. The van der Waals surface area contributed by atoms with Crippen molar-refractivity contribution in [2.45, 2.75) is 13.2 Å². The van der Waals surface area contributed by atoms with Gasteiger partial charge in [-0.15, -0.1) is 0 Å². The van der Waals surface area contributed by atoms with E-state index in [1.807, 2.05) is 42.5 Å². The van der Waals surface area contributed by atoms with E-state index in [0.29, 0.717) is 33.1 Å². The number of thioether (sulfide) groups is 1. The molecular formula is C25H17Cl2NO5S. The lowest BCUT2D eigenvalue weighted by Crippen LogP contribution is -2.27. The summed E-state index contributed by atoms with van der Waals surface area (Å²) in [6.07, 6.45) is 1.70. The van der Waals surface area contributed by atoms with Crippen LogP contribution in [0.15, 0.2) is 65.6 Å². The Balaban J connectivity index is 1.22. The molecule has 0 spiro atoms. The van der Waals surface area contributed by atoms with Crippen LogP contribution in [0.1, 0.15) is 16.7 Å². The number of nitrogens with zero attached hydrogens (tertiary/aromatic N) is 1. The number of imide groups is 1. The van der Waals surface area contributed by atoms with Crippen molar-refractivity contribution in [1.82, 2.24) is 4.90 Å². The van der Waals surface area contributed by atoms with E-state index in [-0.39, 0.29) is 24.5 Å². The van der Waals surface area contributed by atoms with E-state index >= 15 is 0 Å². The molecule has 2 aliphatic rings. The fourth-order valence-corrected chi connectivity index (χ4v) is 4.62. The number of carbonyl (C=O) groups is 2. The molecule has 172 valence electrons. The molecule has 3 aromatic rings. The number of halogens is 2. The second-order valence-corrected chi connectivity index (χ2v) is 9.37. The van der Waals surface area contributed by atoms with Crippen LogP contribution in [-0.2, 0) is 17.9 Å². The molecule has 34 heavy (non-hydrogen) atoms. The van der Waals surface area contributed by atoms with Crippen LogP contribution in [-0.4, -0.2) is 22.8 Å². The van der Waals surface area contributed by atoms with Gasteiger partial charge in [0.2, 0.25) is 6.79 Å². The van der Waals surface area contributed by atoms with Crippen LogP contribution >= 0.6 is 35.0 Å². The third-order valence-electron chi connectivity index (χ3n) is 5.22. The molecule has 9 heteroatoms. The summed E-state index contributed by atoms with van der Waals surface area (Å²) >= 11 is 12.9. The fraction of sp³-hybridized carbons (Fsp3) is 0.120. The highest BCUT2D eigenvalue weighted by atomic mass is 35.5. The minimum absolute atomic E-state index is 0.130. The molecular weight excluding hydrogens is 497 g/mol. The van der Waals surface area contributed by atoms with Crippen LogP contribution in [0, 0.1) is 0 Å². The monoisotopic (exact) mass is 513 g/mol. The number of carbonyl (C=O) groups excluding carboxylic acids is 2. The van der Waals surface area contributed by atoms with Gasteiger partial charge in [0.05, 0.1) is 21.5 Å². The Morgan fingerprint density at radius 3 is 2.47 bits per heavy atom. The highest BCUT2D eigenvalue weighted by Crippen LogP contribution is 2.35. The Morgan fingerprint density at radius 2 is 1.68 bits per heavy atom. The van der Waals surface area contributed by atoms with Crippen LogP contribution in [0.25, 0.3) is 6.08 Å². The minimum atomic E-state index is -0.343. The molecule has 1 fully saturated rings. The third-order valence-corrected chi connectivity index (χ3v) is 6.87. The maximum atomic E-state index is 12.8. The largest absolute Gasteiger partial charge is 0.489 e. The van der Waals surface area contributed by atoms with E-state index in [9.17, 15) is 9.59 Å². The molecule has 0 aliphatic carbocycles. The first kappa shape index (κ1) is 22.7. The Bertz CT molecular complexity index is 1310. The summed E-state index contributed by atoms with van der Waals surface area (Å²) in [7, 11) is 0. The maximum Gasteiger partial charge on any atom is 0.293 e. The van der Waals surface area contributed by atoms with Crippen molar-refractivity contribution in [3.05, 3.63) is 92.3 Å². The summed E-state index contributed by atoms with van der Waals surface area (Å²) in [6.45, 7) is 0.741. The van der Waals surface area contributed by atoms with Crippen LogP contribution in [0.2, 0.25) is 10.0 Å². The zero-order valence-electron chi connectivity index (χ0n) is 17.6. The zero-order valence-corrected chi connectivity index (χ0v) is 20.0. The standard InChI is InChI=1S/C25H17Cl2NO5S/c26-19-7-3-16(9-20(19)27)12-28-24(29)23(34-25(28)30)11-15-1-5-18(6-2-15)31-13-17-4-8-21-22(10-17)33-14-32-21/h1-11H,12-14H2/b23-11-. The van der Waals surface area contributed by atoms with Gasteiger partial charge in [-0.3, -0.25) is 14.5 Å². The first-order chi connectivity index (χ1) is 16.5. The topological polar surface area (TPSA) is 65.1 Å². The summed E-state index contributed by atoms with van der Waals surface area (Å²) in [4.78, 5) is 26.8. The van der Waals surface area contributed by atoms with Crippen LogP contribution in [0.4, 0.5) is 4.79 Å². The van der Waals surface area contributed by atoms with E-state index in [4.69, 9.17) is 37.4 Å². The minimum Gasteiger partial charge on any atom is -0.489 e. The summed E-state index contributed by atoms with van der Waals surface area (Å²) in [6, 6.07) is 18.0. The van der Waals surface area contributed by atoms with Gasteiger partial charge in [-0.05, 0) is 70.9 Å². The lowest BCUT2D eigenvalue weighted by Gasteiger charge is -2.12. The van der Waals surface area contributed by atoms with Crippen LogP contribution in [0.5, 0.6) is 17.2 Å². The zero-order chi connectivity index (χ0) is 23.7. The lowest BCUT2D eigenvalue weighted by atomic mass is 10.2. The van der Waals surface area contributed by atoms with Gasteiger partial charge in [0.15, 0.2) is 11.5 Å². The quantitative estimate of drug-likeness (QED) is 0.348. The average molecular weight is 514 g/mol. The van der Waals surface area contributed by atoms with Crippen molar-refractivity contribution in [2.75, 3.05) is 6.79 Å². The molecule has 0 saturated carbocycles. The lowest BCUT2D eigenvalue weighted by molar-refractivity contribution is -0.123. The van der Waals surface area contributed by atoms with Crippen LogP contribution in [0.3, 0.4) is 0 Å². The van der Waals surface area contributed by atoms with Gasteiger partial charge in [0.25, 0.3) is 11.1 Å². The fourth-order valence-electron chi connectivity index (χ4n) is 3.47. The van der Waals surface area contributed by atoms with Crippen LogP contribution < -0.4 is 14.2 Å². The van der Waals surface area contributed by atoms with Crippen molar-refractivity contribution in [1.29, 1.82) is 0 Å². The number of rotatable bonds is 6. The Labute approximate surface area is 210 Å². The van der Waals surface area contributed by atoms with E-state index in [1.165, 1.54) is 4.90 Å². The van der Waals surface area contributed by atoms with Gasteiger partial charge >= 0.3 is 0 Å². The summed E-state index contributed by atoms with van der Waals surface area (Å²) in [5.74, 6) is 1.78. The maximum absolute atomic E-state index is 12.8. The van der Waals surface area contributed by atoms with Gasteiger partial charge in [-0.1, -0.05) is 47.5 Å². The third kappa shape index (κ3) is 4.87. The van der Waals surface area contributed by atoms with Crippen molar-refractivity contribution >= 4 is 52.2 Å². The highest BCUT2D eigenvalue weighted by molar-refractivity contribution is 8.18. The summed E-state index contributed by atoms with van der Waals surface area (Å²) in [5.41, 5.74) is 2.47. The highest BCUT2D eigenvalue weighted by Gasteiger charge is 2.35. The second-order valence-electron chi connectivity index (χ2n) is 7.56. The first-order valence-corrected chi connectivity index (χ1v) is 11.8. The van der Waals surface area contributed by atoms with E-state index in [2.05, 4.69) is 0 Å². The van der Waals surface area contributed by atoms with E-state index in [0.717, 1.165) is 34.2 Å². The Morgan fingerprint density at radius 1 is 0.912 bits per heavy atom. The molecule has 6 nitrogen and oxygen atoms in total. The molecule has 3 aromatic carbocycles. The van der Waals surface area contributed by atoms with Gasteiger partial charge in [-0.25, -0.2) is 0 Å². The molecule has 2 heterocycles. The number of fused-ring (bicyclic) bond motifs is 1. The molecule has 0 unspecified atom stereocenters. The van der Waals surface area contributed by atoms with E-state index in [1.54, 1.807) is 24.3 Å². The summed E-state index contributed by atoms with van der Waals surface area (Å²) in [5, 5.41) is 0.469. The number of hydrogen-bond donors (Lipinski definition) is 0. The number of amides is 2. The average Bonchev–Trinajstić information content (AvgIpc) is 3.40. The van der Waals surface area contributed by atoms with Gasteiger partial charge < -0.3 is 14.2 Å². The first-order valence-electron chi connectivity index (χ1n) is 10.3. The van der Waals surface area contributed by atoms with Crippen molar-refractivity contribution < 1.29 is 23.8 Å². The number of hydrogen-bond acceptors (Lipinski definition) is 6. The number of ether oxygens (including phenoxy) is 3. The number of benzene rings is 3. The smallest absolute Gasteiger partial charge is 0.293 e. The van der Waals surface area contributed by atoms with Gasteiger partial charge in [-0.2, -0.15) is 0 Å². The van der Waals surface area contributed by atoms with Gasteiger partial charge in [0, 0.05) is 0 Å². The predicted molar refractivity (Wildman–Crippen MR) is 131 cm³/mol. The van der Waals surface area contributed by atoms with Crippen molar-refractivity contribution in [2.24, 2.45) is 0 Å².